The molecular weight excluding hydrogens is 301 g/mol. The van der Waals surface area contributed by atoms with Crippen LogP contribution in [-0.2, 0) is 10.0 Å². The van der Waals surface area contributed by atoms with E-state index in [1.807, 2.05) is 0 Å². The van der Waals surface area contributed by atoms with Crippen LogP contribution in [0.4, 0.5) is 4.39 Å². The molecule has 8 heteroatoms. The number of methoxy groups -OCH3 is 2. The number of aliphatic hydroxyl groups excluding tert-OH is 1. The third-order valence-electron chi connectivity index (χ3n) is 2.85. The van der Waals surface area contributed by atoms with Gasteiger partial charge in [0, 0.05) is 25.3 Å². The van der Waals surface area contributed by atoms with Crippen LogP contribution < -0.4 is 14.2 Å². The highest BCUT2D eigenvalue weighted by Crippen LogP contribution is 2.31. The van der Waals surface area contributed by atoms with Crippen LogP contribution in [0.3, 0.4) is 0 Å². The molecule has 0 amide bonds. The molecule has 0 fully saturated rings. The lowest BCUT2D eigenvalue weighted by atomic mass is 10.2. The van der Waals surface area contributed by atoms with E-state index in [2.05, 4.69) is 4.72 Å². The fourth-order valence-corrected chi connectivity index (χ4v) is 2.89. The highest BCUT2D eigenvalue weighted by atomic mass is 32.2. The van der Waals surface area contributed by atoms with Crippen molar-refractivity contribution in [2.75, 3.05) is 27.4 Å². The summed E-state index contributed by atoms with van der Waals surface area (Å²) in [5.74, 6) is -0.646. The summed E-state index contributed by atoms with van der Waals surface area (Å²) in [6.45, 7) is 0.243. The van der Waals surface area contributed by atoms with Crippen molar-refractivity contribution in [2.24, 2.45) is 0 Å². The van der Waals surface area contributed by atoms with Gasteiger partial charge in [0.05, 0.1) is 14.2 Å². The van der Waals surface area contributed by atoms with Crippen molar-refractivity contribution in [3.05, 3.63) is 17.9 Å². The zero-order valence-electron chi connectivity index (χ0n) is 12.1. The fourth-order valence-electron chi connectivity index (χ4n) is 1.74. The number of nitrogens with one attached hydrogen (secondary N) is 1. The third-order valence-corrected chi connectivity index (χ3v) is 4.33. The minimum absolute atomic E-state index is 0.0665. The Balaban J connectivity index is 2.87. The Labute approximate surface area is 123 Å². The van der Waals surface area contributed by atoms with Gasteiger partial charge in [-0.3, -0.25) is 0 Å². The predicted molar refractivity (Wildman–Crippen MR) is 75.6 cm³/mol. The van der Waals surface area contributed by atoms with Crippen LogP contribution in [0.5, 0.6) is 11.5 Å². The maximum Gasteiger partial charge on any atom is 0.243 e. The van der Waals surface area contributed by atoms with Crippen molar-refractivity contribution in [1.82, 2.24) is 4.72 Å². The average molecular weight is 321 g/mol. The number of hydrogen-bond acceptors (Lipinski definition) is 5. The number of aliphatic hydroxyl groups is 1. The highest BCUT2D eigenvalue weighted by molar-refractivity contribution is 7.89. The second kappa shape index (κ2) is 8.16. The standard InChI is InChI=1S/C13H20FNO5S/c1-19-11-8-10(14)13(9-12(11)20-2)21(17,18)15-6-4-3-5-7-16/h8-9,15-16H,3-7H2,1-2H3. The van der Waals surface area contributed by atoms with Gasteiger partial charge in [0.15, 0.2) is 11.5 Å². The summed E-state index contributed by atoms with van der Waals surface area (Å²) in [7, 11) is -1.28. The molecule has 0 bridgehead atoms. The Hall–Kier alpha value is -1.38. The van der Waals surface area contributed by atoms with Crippen LogP contribution in [0.25, 0.3) is 0 Å². The lowest BCUT2D eigenvalue weighted by Gasteiger charge is -2.12. The van der Waals surface area contributed by atoms with Crippen LogP contribution in [0.1, 0.15) is 19.3 Å². The van der Waals surface area contributed by atoms with E-state index in [0.717, 1.165) is 12.1 Å². The topological polar surface area (TPSA) is 84.9 Å². The number of halogens is 1. The van der Waals surface area contributed by atoms with Gasteiger partial charge in [0.25, 0.3) is 0 Å². The zero-order valence-corrected chi connectivity index (χ0v) is 12.9. The molecule has 0 radical (unpaired) electrons. The normalized spacial score (nSPS) is 11.4. The molecule has 0 aliphatic heterocycles. The molecule has 0 unspecified atom stereocenters. The minimum Gasteiger partial charge on any atom is -0.493 e. The quantitative estimate of drug-likeness (QED) is 0.669. The Morgan fingerprint density at radius 3 is 2.33 bits per heavy atom. The van der Waals surface area contributed by atoms with E-state index in [1.165, 1.54) is 14.2 Å². The number of benzene rings is 1. The van der Waals surface area contributed by atoms with E-state index in [-0.39, 0.29) is 24.7 Å². The molecule has 120 valence electrons. The lowest BCUT2D eigenvalue weighted by Crippen LogP contribution is -2.25. The molecule has 1 aromatic carbocycles. The smallest absolute Gasteiger partial charge is 0.243 e. The zero-order chi connectivity index (χ0) is 15.9. The maximum absolute atomic E-state index is 13.9. The minimum atomic E-state index is -3.96. The van der Waals surface area contributed by atoms with E-state index in [4.69, 9.17) is 14.6 Å². The highest BCUT2D eigenvalue weighted by Gasteiger charge is 2.22. The SMILES string of the molecule is COc1cc(F)c(S(=O)(=O)NCCCCCO)cc1OC. The van der Waals surface area contributed by atoms with Crippen molar-refractivity contribution < 1.29 is 27.4 Å². The van der Waals surface area contributed by atoms with E-state index < -0.39 is 20.7 Å². The van der Waals surface area contributed by atoms with Crippen LogP contribution >= 0.6 is 0 Å². The molecule has 2 N–H and O–H groups in total. The molecular formula is C13H20FNO5S. The van der Waals surface area contributed by atoms with Gasteiger partial charge in [-0.2, -0.15) is 0 Å². The van der Waals surface area contributed by atoms with Crippen LogP contribution in [0.15, 0.2) is 17.0 Å². The second-order valence-electron chi connectivity index (χ2n) is 4.32. The molecule has 0 heterocycles. The van der Waals surface area contributed by atoms with E-state index in [9.17, 15) is 12.8 Å². The monoisotopic (exact) mass is 321 g/mol. The molecule has 6 nitrogen and oxygen atoms in total. The van der Waals surface area contributed by atoms with Crippen LogP contribution in [-0.4, -0.2) is 40.9 Å². The first-order chi connectivity index (χ1) is 9.96. The Morgan fingerprint density at radius 1 is 1.14 bits per heavy atom. The molecule has 0 saturated heterocycles. The fraction of sp³-hybridized carbons (Fsp3) is 0.538. The summed E-state index contributed by atoms with van der Waals surface area (Å²) in [5, 5.41) is 8.63. The molecule has 0 aliphatic rings. The third kappa shape index (κ3) is 4.83. The van der Waals surface area contributed by atoms with Crippen LogP contribution in [0, 0.1) is 5.82 Å². The van der Waals surface area contributed by atoms with Crippen molar-refractivity contribution >= 4 is 10.0 Å². The molecule has 0 spiro atoms. The van der Waals surface area contributed by atoms with Crippen molar-refractivity contribution in [3.63, 3.8) is 0 Å². The molecule has 0 aliphatic carbocycles. The van der Waals surface area contributed by atoms with Gasteiger partial charge in [-0.15, -0.1) is 0 Å². The van der Waals surface area contributed by atoms with E-state index in [1.54, 1.807) is 0 Å². The molecule has 0 aromatic heterocycles. The summed E-state index contributed by atoms with van der Waals surface area (Å²) in [4.78, 5) is -0.484. The summed E-state index contributed by atoms with van der Waals surface area (Å²) in [6.07, 6.45) is 1.86. The number of rotatable bonds is 9. The number of hydrogen-bond donors (Lipinski definition) is 2. The number of ether oxygens (including phenoxy) is 2. The number of unbranched alkanes of at least 4 members (excludes halogenated alkanes) is 2. The summed E-state index contributed by atoms with van der Waals surface area (Å²) < 4.78 is 50.2. The first-order valence-corrected chi connectivity index (χ1v) is 7.96. The Bertz CT molecular complexity index is 562. The molecule has 1 rings (SSSR count). The lowest BCUT2D eigenvalue weighted by molar-refractivity contribution is 0.283. The number of sulfonamides is 1. The van der Waals surface area contributed by atoms with Gasteiger partial charge in [0.2, 0.25) is 10.0 Å². The summed E-state index contributed by atoms with van der Waals surface area (Å²) >= 11 is 0. The largest absolute Gasteiger partial charge is 0.493 e. The summed E-state index contributed by atoms with van der Waals surface area (Å²) in [6, 6.07) is 2.06. The van der Waals surface area contributed by atoms with Crippen LogP contribution in [0.2, 0.25) is 0 Å². The van der Waals surface area contributed by atoms with Gasteiger partial charge < -0.3 is 14.6 Å². The van der Waals surface area contributed by atoms with E-state index >= 15 is 0 Å². The Kier molecular flexibility index (Phi) is 6.86. The molecule has 0 atom stereocenters. The predicted octanol–water partition coefficient (Wildman–Crippen LogP) is 1.28. The summed E-state index contributed by atoms with van der Waals surface area (Å²) in [5.41, 5.74) is 0. The molecule has 21 heavy (non-hydrogen) atoms. The first kappa shape index (κ1) is 17.7. The first-order valence-electron chi connectivity index (χ1n) is 6.48. The average Bonchev–Trinajstić information content (AvgIpc) is 2.46. The van der Waals surface area contributed by atoms with Gasteiger partial charge in [-0.25, -0.2) is 17.5 Å². The van der Waals surface area contributed by atoms with Crippen molar-refractivity contribution in [3.8, 4) is 11.5 Å². The van der Waals surface area contributed by atoms with Gasteiger partial charge in [0.1, 0.15) is 10.7 Å². The van der Waals surface area contributed by atoms with Gasteiger partial charge >= 0.3 is 0 Å². The van der Waals surface area contributed by atoms with Crippen molar-refractivity contribution in [1.29, 1.82) is 0 Å². The second-order valence-corrected chi connectivity index (χ2v) is 6.06. The van der Waals surface area contributed by atoms with Gasteiger partial charge in [-0.1, -0.05) is 0 Å². The molecule has 0 saturated carbocycles. The van der Waals surface area contributed by atoms with E-state index in [0.29, 0.717) is 19.3 Å². The molecule has 1 aromatic rings. The Morgan fingerprint density at radius 2 is 1.76 bits per heavy atom. The van der Waals surface area contributed by atoms with Crippen molar-refractivity contribution in [2.45, 2.75) is 24.2 Å². The maximum atomic E-state index is 13.9. The van der Waals surface area contributed by atoms with Gasteiger partial charge in [-0.05, 0) is 19.3 Å².